The van der Waals surface area contributed by atoms with Crippen LogP contribution >= 0.6 is 0 Å². The van der Waals surface area contributed by atoms with Crippen molar-refractivity contribution in [2.45, 2.75) is 39.2 Å². The van der Waals surface area contributed by atoms with Crippen LogP contribution in [0.2, 0.25) is 0 Å². The molecular weight excluding hydrogens is 280 g/mol. The molecule has 2 rings (SSSR count). The topological polar surface area (TPSA) is 81.2 Å². The third-order valence-corrected chi connectivity index (χ3v) is 4.66. The van der Waals surface area contributed by atoms with E-state index in [4.69, 9.17) is 5.73 Å². The highest BCUT2D eigenvalue weighted by atomic mass is 16.2. The lowest BCUT2D eigenvalue weighted by Gasteiger charge is -2.35. The molecule has 22 heavy (non-hydrogen) atoms. The van der Waals surface area contributed by atoms with Crippen molar-refractivity contribution >= 4 is 11.7 Å². The summed E-state index contributed by atoms with van der Waals surface area (Å²) in [5.41, 5.74) is 6.31. The zero-order chi connectivity index (χ0) is 16.3. The van der Waals surface area contributed by atoms with Crippen LogP contribution in [0.15, 0.2) is 12.3 Å². The molecule has 1 unspecified atom stereocenters. The van der Waals surface area contributed by atoms with Gasteiger partial charge in [0.1, 0.15) is 5.69 Å². The van der Waals surface area contributed by atoms with E-state index in [1.165, 1.54) is 0 Å². The van der Waals surface area contributed by atoms with Crippen molar-refractivity contribution in [3.05, 3.63) is 18.0 Å². The van der Waals surface area contributed by atoms with E-state index in [0.717, 1.165) is 25.9 Å². The van der Waals surface area contributed by atoms with Crippen molar-refractivity contribution in [2.24, 2.45) is 24.6 Å². The predicted molar refractivity (Wildman–Crippen MR) is 84.3 cm³/mol. The highest BCUT2D eigenvalue weighted by molar-refractivity contribution is 5.94. The van der Waals surface area contributed by atoms with Gasteiger partial charge < -0.3 is 10.6 Å². The molecule has 122 valence electrons. The molecule has 1 aromatic heterocycles. The number of likely N-dealkylation sites (tertiary alicyclic amines) is 1. The van der Waals surface area contributed by atoms with Crippen LogP contribution in [0.25, 0.3) is 0 Å². The molecule has 1 aromatic rings. The largest absolute Gasteiger partial charge is 0.341 e. The molecule has 0 aliphatic carbocycles. The van der Waals surface area contributed by atoms with Gasteiger partial charge in [0.25, 0.3) is 0 Å². The lowest BCUT2D eigenvalue weighted by Crippen LogP contribution is -2.46. The maximum atomic E-state index is 12.3. The summed E-state index contributed by atoms with van der Waals surface area (Å²) in [5.74, 6) is 0.961. The van der Waals surface area contributed by atoms with Gasteiger partial charge in [-0.25, -0.2) is 0 Å². The standard InChI is InChI=1S/C16H26N4O2/c1-11(10-15(21)14-4-7-18-19(14)3)13-5-8-20(9-6-13)16(22)12(2)17/h4,7,11-13H,5-6,8-10,17H2,1-3H3/t11?,12-/m0/s1. The number of nitrogens with two attached hydrogens (primary N) is 1. The SMILES string of the molecule is CC(CC(=O)c1ccnn1C)C1CCN(C(=O)[C@H](C)N)CC1. The molecule has 2 heterocycles. The summed E-state index contributed by atoms with van der Waals surface area (Å²) >= 11 is 0. The van der Waals surface area contributed by atoms with Crippen molar-refractivity contribution in [3.8, 4) is 0 Å². The number of aryl methyl sites for hydroxylation is 1. The smallest absolute Gasteiger partial charge is 0.239 e. The first-order chi connectivity index (χ1) is 10.4. The van der Waals surface area contributed by atoms with Gasteiger partial charge in [-0.1, -0.05) is 6.92 Å². The summed E-state index contributed by atoms with van der Waals surface area (Å²) in [6, 6.07) is 1.33. The molecule has 2 atom stereocenters. The van der Waals surface area contributed by atoms with Gasteiger partial charge in [-0.3, -0.25) is 14.3 Å². The Bertz CT molecular complexity index is 530. The fourth-order valence-corrected chi connectivity index (χ4v) is 3.19. The molecule has 6 nitrogen and oxygen atoms in total. The van der Waals surface area contributed by atoms with E-state index in [1.54, 1.807) is 30.9 Å². The minimum atomic E-state index is -0.430. The van der Waals surface area contributed by atoms with Gasteiger partial charge >= 0.3 is 0 Å². The van der Waals surface area contributed by atoms with Crippen LogP contribution in [0.4, 0.5) is 0 Å². The molecule has 2 N–H and O–H groups in total. The van der Waals surface area contributed by atoms with E-state index in [0.29, 0.717) is 24.0 Å². The van der Waals surface area contributed by atoms with Gasteiger partial charge in [-0.15, -0.1) is 0 Å². The van der Waals surface area contributed by atoms with Gasteiger partial charge in [-0.05, 0) is 37.7 Å². The van der Waals surface area contributed by atoms with Crippen molar-refractivity contribution in [3.63, 3.8) is 0 Å². The third-order valence-electron chi connectivity index (χ3n) is 4.66. The molecule has 0 bridgehead atoms. The Kier molecular flexibility index (Phi) is 5.34. The van der Waals surface area contributed by atoms with E-state index in [1.807, 2.05) is 4.90 Å². The summed E-state index contributed by atoms with van der Waals surface area (Å²) in [7, 11) is 1.79. The molecule has 0 saturated carbocycles. The lowest BCUT2D eigenvalue weighted by molar-refractivity contribution is -0.133. The molecular formula is C16H26N4O2. The van der Waals surface area contributed by atoms with Gasteiger partial charge in [0.15, 0.2) is 5.78 Å². The Labute approximate surface area is 131 Å². The maximum absolute atomic E-state index is 12.3. The molecule has 1 aliphatic heterocycles. The second kappa shape index (κ2) is 7.05. The molecule has 1 amide bonds. The van der Waals surface area contributed by atoms with Crippen LogP contribution in [0, 0.1) is 11.8 Å². The van der Waals surface area contributed by atoms with Crippen molar-refractivity contribution in [2.75, 3.05) is 13.1 Å². The van der Waals surface area contributed by atoms with Crippen LogP contribution in [-0.2, 0) is 11.8 Å². The minimum absolute atomic E-state index is 0.0251. The number of nitrogens with zero attached hydrogens (tertiary/aromatic N) is 3. The Hall–Kier alpha value is -1.69. The Morgan fingerprint density at radius 1 is 1.36 bits per heavy atom. The summed E-state index contributed by atoms with van der Waals surface area (Å²) in [6.07, 6.45) is 4.07. The van der Waals surface area contributed by atoms with Crippen LogP contribution in [0.5, 0.6) is 0 Å². The molecule has 1 aliphatic rings. The first-order valence-electron chi connectivity index (χ1n) is 7.95. The first-order valence-corrected chi connectivity index (χ1v) is 7.95. The van der Waals surface area contributed by atoms with Crippen LogP contribution in [-0.4, -0.2) is 45.5 Å². The number of carbonyl (C=O) groups is 2. The predicted octanol–water partition coefficient (Wildman–Crippen LogP) is 1.21. The normalized spacial score (nSPS) is 19.0. The number of ketones is 1. The van der Waals surface area contributed by atoms with Crippen LogP contribution in [0.1, 0.15) is 43.6 Å². The van der Waals surface area contributed by atoms with E-state index < -0.39 is 6.04 Å². The number of aromatic nitrogens is 2. The second-order valence-corrected chi connectivity index (χ2v) is 6.40. The van der Waals surface area contributed by atoms with Gasteiger partial charge in [-0.2, -0.15) is 5.10 Å². The van der Waals surface area contributed by atoms with E-state index in [2.05, 4.69) is 12.0 Å². The lowest BCUT2D eigenvalue weighted by atomic mass is 9.82. The van der Waals surface area contributed by atoms with Crippen molar-refractivity contribution < 1.29 is 9.59 Å². The fraction of sp³-hybridized carbons (Fsp3) is 0.688. The number of piperidine rings is 1. The average Bonchev–Trinajstić information content (AvgIpc) is 2.92. The summed E-state index contributed by atoms with van der Waals surface area (Å²) < 4.78 is 1.62. The van der Waals surface area contributed by atoms with Crippen LogP contribution in [0.3, 0.4) is 0 Å². The highest BCUT2D eigenvalue weighted by Crippen LogP contribution is 2.28. The zero-order valence-corrected chi connectivity index (χ0v) is 13.7. The summed E-state index contributed by atoms with van der Waals surface area (Å²) in [6.45, 7) is 5.34. The van der Waals surface area contributed by atoms with Gasteiger partial charge in [0.05, 0.1) is 6.04 Å². The van der Waals surface area contributed by atoms with Gasteiger partial charge in [0.2, 0.25) is 5.91 Å². The molecule has 6 heteroatoms. The van der Waals surface area contributed by atoms with E-state index in [9.17, 15) is 9.59 Å². The molecule has 0 radical (unpaired) electrons. The number of Topliss-reactive ketones (excluding diaryl/α,β-unsaturated/α-hetero) is 1. The monoisotopic (exact) mass is 306 g/mol. The Morgan fingerprint density at radius 2 is 2.00 bits per heavy atom. The Morgan fingerprint density at radius 3 is 2.50 bits per heavy atom. The number of hydrogen-bond acceptors (Lipinski definition) is 4. The molecule has 0 spiro atoms. The van der Waals surface area contributed by atoms with Crippen LogP contribution < -0.4 is 5.73 Å². The third kappa shape index (κ3) is 3.74. The quantitative estimate of drug-likeness (QED) is 0.829. The summed E-state index contributed by atoms with van der Waals surface area (Å²) in [4.78, 5) is 26.0. The first kappa shape index (κ1) is 16.7. The van der Waals surface area contributed by atoms with Crippen molar-refractivity contribution in [1.82, 2.24) is 14.7 Å². The van der Waals surface area contributed by atoms with E-state index in [-0.39, 0.29) is 11.7 Å². The van der Waals surface area contributed by atoms with Crippen molar-refractivity contribution in [1.29, 1.82) is 0 Å². The number of carbonyl (C=O) groups excluding carboxylic acids is 2. The Balaban J connectivity index is 1.85. The highest BCUT2D eigenvalue weighted by Gasteiger charge is 2.28. The van der Waals surface area contributed by atoms with Gasteiger partial charge in [0, 0.05) is 32.8 Å². The fourth-order valence-electron chi connectivity index (χ4n) is 3.19. The average molecular weight is 306 g/mol. The molecule has 1 saturated heterocycles. The molecule has 1 fully saturated rings. The van der Waals surface area contributed by atoms with E-state index >= 15 is 0 Å². The minimum Gasteiger partial charge on any atom is -0.341 e. The zero-order valence-electron chi connectivity index (χ0n) is 13.7. The number of amides is 1. The summed E-state index contributed by atoms with van der Waals surface area (Å²) in [5, 5.41) is 4.04. The second-order valence-electron chi connectivity index (χ2n) is 6.40. The molecule has 0 aromatic carbocycles. The number of rotatable bonds is 5. The number of hydrogen-bond donors (Lipinski definition) is 1. The maximum Gasteiger partial charge on any atom is 0.239 e.